The lowest BCUT2D eigenvalue weighted by Crippen LogP contribution is -2.38. The van der Waals surface area contributed by atoms with Crippen molar-refractivity contribution in [2.75, 3.05) is 39.6 Å². The van der Waals surface area contributed by atoms with Crippen LogP contribution in [0.5, 0.6) is 0 Å². The van der Waals surface area contributed by atoms with Crippen molar-refractivity contribution in [2.45, 2.75) is 32.5 Å². The lowest BCUT2D eigenvalue weighted by Gasteiger charge is -2.36. The van der Waals surface area contributed by atoms with E-state index in [9.17, 15) is 14.7 Å². The van der Waals surface area contributed by atoms with E-state index < -0.39 is 18.2 Å². The fourth-order valence-electron chi connectivity index (χ4n) is 4.34. The Labute approximate surface area is 204 Å². The molecule has 0 unspecified atom stereocenters. The molecule has 0 spiro atoms. The maximum atomic E-state index is 13.7. The lowest BCUT2D eigenvalue weighted by molar-refractivity contribution is -0.174. The Bertz CT molecular complexity index is 1060. The molecule has 0 aliphatic carbocycles. The minimum Gasteiger partial charge on any atom is -0.475 e. The molecule has 2 aromatic rings. The van der Waals surface area contributed by atoms with E-state index in [-0.39, 0.29) is 30.5 Å². The maximum absolute atomic E-state index is 13.7. The van der Waals surface area contributed by atoms with Crippen LogP contribution in [0.4, 0.5) is 0 Å². The molecule has 2 heterocycles. The first-order valence-corrected chi connectivity index (χ1v) is 11.7. The number of benzene rings is 1. The predicted octanol–water partition coefficient (Wildman–Crippen LogP) is 1.96. The monoisotopic (exact) mass is 490 g/mol. The molecular formula is C25H34N2O8. The second-order valence-corrected chi connectivity index (χ2v) is 8.18. The van der Waals surface area contributed by atoms with Gasteiger partial charge in [-0.15, -0.1) is 0 Å². The maximum Gasteiger partial charge on any atom is 0.370 e. The number of aliphatic hydroxyl groups excluding tert-OH is 1. The van der Waals surface area contributed by atoms with Crippen LogP contribution < -0.4 is 5.56 Å². The summed E-state index contributed by atoms with van der Waals surface area (Å²) in [6, 6.07) is 9.29. The number of carbonyl (C=O) groups is 1. The van der Waals surface area contributed by atoms with Gasteiger partial charge in [0.05, 0.1) is 32.1 Å². The second kappa shape index (κ2) is 12.7. The van der Waals surface area contributed by atoms with E-state index >= 15 is 0 Å². The fourth-order valence-corrected chi connectivity index (χ4v) is 4.34. The highest BCUT2D eigenvalue weighted by molar-refractivity contribution is 5.84. The number of hydrogen-bond donors (Lipinski definition) is 2. The first-order valence-electron chi connectivity index (χ1n) is 11.7. The molecule has 2 N–H and O–H groups in total. The molecule has 10 nitrogen and oxygen atoms in total. The van der Waals surface area contributed by atoms with E-state index in [1.54, 1.807) is 23.3 Å². The zero-order valence-electron chi connectivity index (χ0n) is 20.4. The molecule has 0 radical (unpaired) electrons. The Kier molecular flexibility index (Phi) is 9.67. The van der Waals surface area contributed by atoms with E-state index in [1.807, 2.05) is 37.3 Å². The number of nitrogens with zero attached hydrogens (tertiary/aromatic N) is 2. The van der Waals surface area contributed by atoms with Crippen LogP contribution in [0.3, 0.4) is 0 Å². The molecule has 192 valence electrons. The number of rotatable bonds is 13. The van der Waals surface area contributed by atoms with E-state index in [0.717, 1.165) is 5.69 Å². The van der Waals surface area contributed by atoms with Gasteiger partial charge in [-0.05, 0) is 38.5 Å². The largest absolute Gasteiger partial charge is 0.475 e. The summed E-state index contributed by atoms with van der Waals surface area (Å²) in [4.78, 5) is 25.5. The summed E-state index contributed by atoms with van der Waals surface area (Å²) in [5, 5.41) is 18.5. The predicted molar refractivity (Wildman–Crippen MR) is 128 cm³/mol. The topological polar surface area (TPSA) is 121 Å². The first kappa shape index (κ1) is 26.7. The number of hydrogen-bond acceptors (Lipinski definition) is 7. The van der Waals surface area contributed by atoms with Gasteiger partial charge in [-0.25, -0.2) is 9.48 Å². The summed E-state index contributed by atoms with van der Waals surface area (Å²) >= 11 is 0. The molecular weight excluding hydrogens is 456 g/mol. The minimum atomic E-state index is -1.22. The molecule has 1 aromatic carbocycles. The average molecular weight is 491 g/mol. The van der Waals surface area contributed by atoms with Crippen LogP contribution in [0.1, 0.15) is 30.5 Å². The van der Waals surface area contributed by atoms with Crippen LogP contribution in [0, 0.1) is 12.8 Å². The fraction of sp³-hybridized carbons (Fsp3) is 0.520. The quantitative estimate of drug-likeness (QED) is 0.409. The number of carboxylic acid groups (broad SMARTS) is 1. The van der Waals surface area contributed by atoms with Crippen molar-refractivity contribution in [2.24, 2.45) is 13.0 Å². The number of aliphatic carboxylic acids is 1. The SMILES string of the molecule is CCO[C@H]1OC(C(=O)O)=C[C@@H](c2c(C)n(C)n(-c3ccccc3)c2=O)[C@@H]1CCOCCOCCO. The molecule has 0 saturated heterocycles. The van der Waals surface area contributed by atoms with Gasteiger partial charge in [0, 0.05) is 43.4 Å². The minimum absolute atomic E-state index is 0.0493. The van der Waals surface area contributed by atoms with Crippen LogP contribution >= 0.6 is 0 Å². The number of carboxylic acids is 1. The molecule has 0 fully saturated rings. The van der Waals surface area contributed by atoms with Gasteiger partial charge in [-0.1, -0.05) is 18.2 Å². The lowest BCUT2D eigenvalue weighted by atomic mass is 9.81. The summed E-state index contributed by atoms with van der Waals surface area (Å²) in [6.45, 7) is 5.21. The molecule has 0 amide bonds. The molecule has 35 heavy (non-hydrogen) atoms. The van der Waals surface area contributed by atoms with Gasteiger partial charge in [-0.3, -0.25) is 9.48 Å². The zero-order valence-corrected chi connectivity index (χ0v) is 20.4. The molecule has 1 aliphatic rings. The van der Waals surface area contributed by atoms with E-state index in [2.05, 4.69) is 0 Å². The van der Waals surface area contributed by atoms with Crippen LogP contribution in [0.2, 0.25) is 0 Å². The number of aromatic nitrogens is 2. The Morgan fingerprint density at radius 2 is 1.80 bits per heavy atom. The Morgan fingerprint density at radius 1 is 1.11 bits per heavy atom. The highest BCUT2D eigenvalue weighted by Crippen LogP contribution is 2.39. The molecule has 3 atom stereocenters. The molecule has 1 aliphatic heterocycles. The standard InChI is InChI=1S/C25H34N2O8/c1-4-34-25-19(10-12-32-14-15-33-13-11-28)20(16-21(35-25)24(30)31)22-17(2)26(3)27(23(22)29)18-8-6-5-7-9-18/h5-9,16,19-20,25,28H,4,10-15H2,1-3H3,(H,30,31)/t19-,20+,25-/m0/s1. The van der Waals surface area contributed by atoms with Gasteiger partial charge in [0.2, 0.25) is 12.0 Å². The Balaban J connectivity index is 1.96. The second-order valence-electron chi connectivity index (χ2n) is 8.18. The Hall–Kier alpha value is -2.92. The van der Waals surface area contributed by atoms with Gasteiger partial charge in [0.1, 0.15) is 0 Å². The first-order chi connectivity index (χ1) is 16.9. The van der Waals surface area contributed by atoms with Gasteiger partial charge in [-0.2, -0.15) is 0 Å². The third-order valence-electron chi connectivity index (χ3n) is 6.06. The third-order valence-corrected chi connectivity index (χ3v) is 6.06. The Morgan fingerprint density at radius 3 is 2.43 bits per heavy atom. The van der Waals surface area contributed by atoms with Crippen molar-refractivity contribution >= 4 is 5.97 Å². The number of allylic oxidation sites excluding steroid dienone is 1. The van der Waals surface area contributed by atoms with Crippen LogP contribution in [-0.2, 0) is 30.8 Å². The van der Waals surface area contributed by atoms with Crippen molar-refractivity contribution in [3.63, 3.8) is 0 Å². The van der Waals surface area contributed by atoms with Crippen LogP contribution in [0.15, 0.2) is 47.0 Å². The summed E-state index contributed by atoms with van der Waals surface area (Å²) in [5.41, 5.74) is 1.72. The summed E-state index contributed by atoms with van der Waals surface area (Å²) in [7, 11) is 1.80. The van der Waals surface area contributed by atoms with E-state index in [1.165, 1.54) is 6.08 Å². The van der Waals surface area contributed by atoms with Crippen LogP contribution in [0.25, 0.3) is 5.69 Å². The van der Waals surface area contributed by atoms with Crippen molar-refractivity contribution in [1.29, 1.82) is 0 Å². The highest BCUT2D eigenvalue weighted by Gasteiger charge is 2.41. The average Bonchev–Trinajstić information content (AvgIpc) is 3.07. The molecule has 10 heteroatoms. The third kappa shape index (κ3) is 6.21. The van der Waals surface area contributed by atoms with Gasteiger partial charge in [0.25, 0.3) is 5.56 Å². The molecule has 0 saturated carbocycles. The van der Waals surface area contributed by atoms with Gasteiger partial charge < -0.3 is 29.2 Å². The summed E-state index contributed by atoms with van der Waals surface area (Å²) in [5.74, 6) is -2.36. The van der Waals surface area contributed by atoms with Crippen LogP contribution in [-0.4, -0.2) is 71.5 Å². The highest BCUT2D eigenvalue weighted by atomic mass is 16.7. The van der Waals surface area contributed by atoms with Crippen molar-refractivity contribution < 1.29 is 34.0 Å². The van der Waals surface area contributed by atoms with Gasteiger partial charge in [0.15, 0.2) is 0 Å². The van der Waals surface area contributed by atoms with Gasteiger partial charge >= 0.3 is 5.97 Å². The normalized spacial score (nSPS) is 19.9. The van der Waals surface area contributed by atoms with E-state index in [0.29, 0.717) is 44.1 Å². The zero-order chi connectivity index (χ0) is 25.4. The number of aliphatic hydroxyl groups is 1. The molecule has 1 aromatic heterocycles. The summed E-state index contributed by atoms with van der Waals surface area (Å²) < 4.78 is 25.7. The number of ether oxygens (including phenoxy) is 4. The summed E-state index contributed by atoms with van der Waals surface area (Å²) in [6.07, 6.45) is 1.13. The van der Waals surface area contributed by atoms with E-state index in [4.69, 9.17) is 24.1 Å². The van der Waals surface area contributed by atoms with Crippen molar-refractivity contribution in [3.8, 4) is 5.69 Å². The molecule has 3 rings (SSSR count). The molecule has 0 bridgehead atoms. The number of para-hydroxylation sites is 1. The smallest absolute Gasteiger partial charge is 0.370 e. The van der Waals surface area contributed by atoms with Crippen molar-refractivity contribution in [1.82, 2.24) is 9.36 Å². The van der Waals surface area contributed by atoms with Crippen molar-refractivity contribution in [3.05, 3.63) is 63.8 Å².